The molecule has 2 rings (SSSR count). The molecule has 0 fully saturated rings. The molecule has 0 spiro atoms. The lowest BCUT2D eigenvalue weighted by molar-refractivity contribution is 0.0508. The van der Waals surface area contributed by atoms with Gasteiger partial charge in [-0.25, -0.2) is 0 Å². The molecular weight excluding hydrogens is 200 g/mol. The molecule has 1 aliphatic rings. The van der Waals surface area contributed by atoms with E-state index in [2.05, 4.69) is 48.6 Å². The van der Waals surface area contributed by atoms with Crippen molar-refractivity contribution in [1.82, 2.24) is 4.90 Å². The van der Waals surface area contributed by atoms with Gasteiger partial charge in [-0.2, -0.15) is 0 Å². The van der Waals surface area contributed by atoms with E-state index in [0.29, 0.717) is 6.10 Å². The van der Waals surface area contributed by atoms with Crippen molar-refractivity contribution >= 4 is 5.69 Å². The number of benzene rings is 1. The van der Waals surface area contributed by atoms with Crippen LogP contribution in [-0.2, 0) is 11.2 Å². The zero-order chi connectivity index (χ0) is 11.4. The van der Waals surface area contributed by atoms with Crippen molar-refractivity contribution in [3.8, 4) is 0 Å². The Balaban J connectivity index is 1.83. The fourth-order valence-corrected chi connectivity index (χ4v) is 1.93. The number of fused-ring (bicyclic) bond motifs is 1. The van der Waals surface area contributed by atoms with Crippen molar-refractivity contribution in [3.05, 3.63) is 29.8 Å². The molecule has 1 heterocycles. The van der Waals surface area contributed by atoms with Crippen LogP contribution in [0.25, 0.3) is 0 Å². The average Bonchev–Trinajstić information content (AvgIpc) is 2.28. The predicted octanol–water partition coefficient (Wildman–Crippen LogP) is 1.60. The molecule has 3 nitrogen and oxygen atoms in total. The van der Waals surface area contributed by atoms with Crippen molar-refractivity contribution in [2.75, 3.05) is 39.1 Å². The predicted molar refractivity (Wildman–Crippen MR) is 66.9 cm³/mol. The molecular formula is C13H20N2O. The summed E-state index contributed by atoms with van der Waals surface area (Å²) < 4.78 is 5.85. The van der Waals surface area contributed by atoms with Crippen molar-refractivity contribution in [3.63, 3.8) is 0 Å². The third-order valence-corrected chi connectivity index (χ3v) is 2.88. The third kappa shape index (κ3) is 2.97. The Kier molecular flexibility index (Phi) is 3.80. The Bertz CT molecular complexity index is 338. The van der Waals surface area contributed by atoms with Crippen molar-refractivity contribution in [2.45, 2.75) is 12.5 Å². The second-order valence-electron chi connectivity index (χ2n) is 4.54. The number of rotatable bonds is 4. The van der Waals surface area contributed by atoms with Crippen molar-refractivity contribution in [1.29, 1.82) is 0 Å². The first kappa shape index (κ1) is 11.4. The van der Waals surface area contributed by atoms with Crippen LogP contribution in [0, 0.1) is 0 Å². The zero-order valence-corrected chi connectivity index (χ0v) is 10.1. The molecule has 16 heavy (non-hydrogen) atoms. The second kappa shape index (κ2) is 5.32. The van der Waals surface area contributed by atoms with E-state index < -0.39 is 0 Å². The smallest absolute Gasteiger partial charge is 0.0789 e. The fraction of sp³-hybridized carbons (Fsp3) is 0.538. The van der Waals surface area contributed by atoms with Gasteiger partial charge in [0.2, 0.25) is 0 Å². The molecule has 1 unspecified atom stereocenters. The van der Waals surface area contributed by atoms with E-state index in [9.17, 15) is 0 Å². The molecule has 0 amide bonds. The molecule has 1 aromatic carbocycles. The van der Waals surface area contributed by atoms with E-state index in [-0.39, 0.29) is 0 Å². The largest absolute Gasteiger partial charge is 0.382 e. The highest BCUT2D eigenvalue weighted by molar-refractivity contribution is 5.53. The van der Waals surface area contributed by atoms with Gasteiger partial charge in [0.15, 0.2) is 0 Å². The molecule has 0 aliphatic carbocycles. The number of hydrogen-bond donors (Lipinski definition) is 1. The highest BCUT2D eigenvalue weighted by Crippen LogP contribution is 2.22. The second-order valence-corrected chi connectivity index (χ2v) is 4.54. The summed E-state index contributed by atoms with van der Waals surface area (Å²) in [6, 6.07) is 8.46. The lowest BCUT2D eigenvalue weighted by Gasteiger charge is -2.26. The first-order valence-electron chi connectivity index (χ1n) is 5.84. The highest BCUT2D eigenvalue weighted by Gasteiger charge is 2.17. The maximum atomic E-state index is 5.85. The van der Waals surface area contributed by atoms with Gasteiger partial charge in [0, 0.05) is 25.2 Å². The molecule has 1 N–H and O–H groups in total. The van der Waals surface area contributed by atoms with Crippen LogP contribution in [0.5, 0.6) is 0 Å². The summed E-state index contributed by atoms with van der Waals surface area (Å²) in [6.45, 7) is 2.71. The van der Waals surface area contributed by atoms with Crippen molar-refractivity contribution in [2.24, 2.45) is 0 Å². The van der Waals surface area contributed by atoms with Gasteiger partial charge in [-0.1, -0.05) is 18.2 Å². The fourth-order valence-electron chi connectivity index (χ4n) is 1.93. The summed E-state index contributed by atoms with van der Waals surface area (Å²) >= 11 is 0. The van der Waals surface area contributed by atoms with Crippen LogP contribution in [0.15, 0.2) is 24.3 Å². The van der Waals surface area contributed by atoms with Gasteiger partial charge in [-0.05, 0) is 25.7 Å². The summed E-state index contributed by atoms with van der Waals surface area (Å²) in [7, 11) is 4.13. The summed E-state index contributed by atoms with van der Waals surface area (Å²) in [4.78, 5) is 2.14. The molecule has 1 aromatic rings. The molecule has 0 saturated heterocycles. The van der Waals surface area contributed by atoms with E-state index in [0.717, 1.165) is 26.1 Å². The van der Waals surface area contributed by atoms with E-state index >= 15 is 0 Å². The Hall–Kier alpha value is -1.06. The van der Waals surface area contributed by atoms with Crippen LogP contribution in [0.2, 0.25) is 0 Å². The number of para-hydroxylation sites is 1. The van der Waals surface area contributed by atoms with Crippen LogP contribution in [0.4, 0.5) is 5.69 Å². The van der Waals surface area contributed by atoms with Gasteiger partial charge in [0.1, 0.15) is 0 Å². The van der Waals surface area contributed by atoms with E-state index in [4.69, 9.17) is 4.74 Å². The number of hydrogen-bond acceptors (Lipinski definition) is 3. The minimum Gasteiger partial charge on any atom is -0.382 e. The highest BCUT2D eigenvalue weighted by atomic mass is 16.5. The summed E-state index contributed by atoms with van der Waals surface area (Å²) in [6.07, 6.45) is 1.34. The van der Waals surface area contributed by atoms with Crippen LogP contribution in [-0.4, -0.2) is 44.8 Å². The SMILES string of the molecule is CN(C)CCOC1CNc2ccccc2C1. The Morgan fingerprint density at radius 3 is 3.00 bits per heavy atom. The molecule has 1 aliphatic heterocycles. The van der Waals surface area contributed by atoms with E-state index in [1.807, 2.05) is 0 Å². The summed E-state index contributed by atoms with van der Waals surface area (Å²) in [5, 5.41) is 3.41. The van der Waals surface area contributed by atoms with Crippen LogP contribution < -0.4 is 5.32 Å². The summed E-state index contributed by atoms with van der Waals surface area (Å²) in [5.74, 6) is 0. The van der Waals surface area contributed by atoms with Crippen LogP contribution in [0.1, 0.15) is 5.56 Å². The molecule has 3 heteroatoms. The monoisotopic (exact) mass is 220 g/mol. The molecule has 0 aromatic heterocycles. The minimum atomic E-state index is 0.315. The molecule has 1 atom stereocenters. The first-order valence-corrected chi connectivity index (χ1v) is 5.84. The Morgan fingerprint density at radius 2 is 2.19 bits per heavy atom. The van der Waals surface area contributed by atoms with Gasteiger partial charge in [-0.3, -0.25) is 0 Å². The van der Waals surface area contributed by atoms with Crippen molar-refractivity contribution < 1.29 is 4.74 Å². The van der Waals surface area contributed by atoms with Gasteiger partial charge < -0.3 is 15.0 Å². The minimum absolute atomic E-state index is 0.315. The molecule has 0 saturated carbocycles. The maximum absolute atomic E-state index is 5.85. The average molecular weight is 220 g/mol. The first-order chi connectivity index (χ1) is 7.75. The standard InChI is InChI=1S/C13H20N2O/c1-15(2)7-8-16-12-9-11-5-3-4-6-13(11)14-10-12/h3-6,12,14H,7-10H2,1-2H3. The number of ether oxygens (including phenoxy) is 1. The summed E-state index contributed by atoms with van der Waals surface area (Å²) in [5.41, 5.74) is 2.62. The quantitative estimate of drug-likeness (QED) is 0.834. The molecule has 0 radical (unpaired) electrons. The zero-order valence-electron chi connectivity index (χ0n) is 10.1. The Labute approximate surface area is 97.4 Å². The van der Waals surface area contributed by atoms with Crippen LogP contribution >= 0.6 is 0 Å². The lowest BCUT2D eigenvalue weighted by atomic mass is 10.0. The van der Waals surface area contributed by atoms with Crippen LogP contribution in [0.3, 0.4) is 0 Å². The normalized spacial score (nSPS) is 19.3. The lowest BCUT2D eigenvalue weighted by Crippen LogP contribution is -2.32. The Morgan fingerprint density at radius 1 is 1.38 bits per heavy atom. The molecule has 88 valence electrons. The van der Waals surface area contributed by atoms with E-state index in [1.165, 1.54) is 11.3 Å². The topological polar surface area (TPSA) is 24.5 Å². The number of nitrogens with one attached hydrogen (secondary N) is 1. The maximum Gasteiger partial charge on any atom is 0.0789 e. The third-order valence-electron chi connectivity index (χ3n) is 2.88. The van der Waals surface area contributed by atoms with Gasteiger partial charge >= 0.3 is 0 Å². The van der Waals surface area contributed by atoms with E-state index in [1.54, 1.807) is 0 Å². The number of nitrogens with zero attached hydrogens (tertiary/aromatic N) is 1. The van der Waals surface area contributed by atoms with Gasteiger partial charge in [0.05, 0.1) is 12.7 Å². The van der Waals surface area contributed by atoms with Gasteiger partial charge in [-0.15, -0.1) is 0 Å². The number of likely N-dealkylation sites (N-methyl/N-ethyl adjacent to an activating group) is 1. The van der Waals surface area contributed by atoms with Gasteiger partial charge in [0.25, 0.3) is 0 Å². The number of anilines is 1. The molecule has 0 bridgehead atoms.